The van der Waals surface area contributed by atoms with Gasteiger partial charge < -0.3 is 0 Å². The Morgan fingerprint density at radius 1 is 0.436 bits per heavy atom. The molecule has 0 spiro atoms. The van der Waals surface area contributed by atoms with E-state index in [1.807, 2.05) is 55.5 Å². The topological polar surface area (TPSA) is 0 Å². The van der Waals surface area contributed by atoms with Gasteiger partial charge in [0.25, 0.3) is 0 Å². The first-order valence-electron chi connectivity index (χ1n) is 18.6. The lowest BCUT2D eigenvalue weighted by Crippen LogP contribution is -2.53. The van der Waals surface area contributed by atoms with E-state index < -0.39 is 31.6 Å². The highest BCUT2D eigenvalue weighted by molar-refractivity contribution is 7.03. The van der Waals surface area contributed by atoms with Crippen molar-refractivity contribution in [2.24, 2.45) is 0 Å². The highest BCUT2D eigenvalue weighted by Gasteiger charge is 2.47. The minimum absolute atomic E-state index is 0.258. The van der Waals surface area contributed by atoms with Crippen LogP contribution in [0.15, 0.2) is 97.1 Å². The summed E-state index contributed by atoms with van der Waals surface area (Å²) in [5.41, 5.74) is 11.3. The van der Waals surface area contributed by atoms with E-state index in [1.165, 1.54) is 29.5 Å². The van der Waals surface area contributed by atoms with E-state index in [0.717, 1.165) is 92.9 Å². The van der Waals surface area contributed by atoms with Gasteiger partial charge in [0.05, 0.1) is 19.2 Å². The minimum atomic E-state index is -4.54. The van der Waals surface area contributed by atoms with Crippen molar-refractivity contribution in [1.82, 2.24) is 0 Å². The van der Waals surface area contributed by atoms with Crippen molar-refractivity contribution in [2.75, 3.05) is 0 Å². The van der Waals surface area contributed by atoms with E-state index in [9.17, 15) is 26.3 Å². The zero-order valence-corrected chi connectivity index (χ0v) is 31.2. The second-order valence-corrected chi connectivity index (χ2v) is 22.0. The van der Waals surface area contributed by atoms with Crippen molar-refractivity contribution in [3.8, 4) is 44.5 Å². The van der Waals surface area contributed by atoms with Gasteiger partial charge in [-0.05, 0) is 114 Å². The number of hydrogen-bond donors (Lipinski definition) is 0. The molecular weight excluding hydrogens is 716 g/mol. The Kier molecular flexibility index (Phi) is 5.67. The molecule has 0 atom stereocenters. The monoisotopic (exact) mass is 744 g/mol. The fraction of sp³-hybridized carbons (Fsp3) is 0.130. The third-order valence-electron chi connectivity index (χ3n) is 13.1. The zero-order chi connectivity index (χ0) is 37.8. The number of rotatable bonds is 1. The molecule has 0 radical (unpaired) electrons. The van der Waals surface area contributed by atoms with E-state index in [-0.39, 0.29) is 13.4 Å². The summed E-state index contributed by atoms with van der Waals surface area (Å²) in [7, 11) is -2.20. The van der Waals surface area contributed by atoms with Crippen molar-refractivity contribution in [2.45, 2.75) is 38.9 Å². The maximum Gasteiger partial charge on any atom is 0.416 e. The van der Waals surface area contributed by atoms with Crippen LogP contribution in [0.4, 0.5) is 26.3 Å². The van der Waals surface area contributed by atoms with Crippen LogP contribution < -0.4 is 38.0 Å². The lowest BCUT2D eigenvalue weighted by molar-refractivity contribution is -0.138. The first-order chi connectivity index (χ1) is 26.1. The number of alkyl halides is 6. The minimum Gasteiger partial charge on any atom is -0.166 e. The van der Waals surface area contributed by atoms with Gasteiger partial charge in [0.1, 0.15) is 0 Å². The summed E-state index contributed by atoms with van der Waals surface area (Å²) in [6, 6.07) is 29.9. The van der Waals surface area contributed by atoms with Crippen LogP contribution in [0.25, 0.3) is 76.8 Å². The number of halogens is 6. The van der Waals surface area contributed by atoms with E-state index in [1.54, 1.807) is 0 Å². The summed E-state index contributed by atoms with van der Waals surface area (Å²) in [4.78, 5) is 0. The van der Waals surface area contributed by atoms with Gasteiger partial charge in [-0.15, -0.1) is 0 Å². The van der Waals surface area contributed by atoms with Crippen molar-refractivity contribution in [1.29, 1.82) is 0 Å². The highest BCUT2D eigenvalue weighted by atomic mass is 28.3. The Hall–Kier alpha value is -5.27. The van der Waals surface area contributed by atoms with Crippen LogP contribution in [-0.2, 0) is 12.4 Å². The summed E-state index contributed by atoms with van der Waals surface area (Å²) in [6.07, 6.45) is -9.08. The predicted molar refractivity (Wildman–Crippen MR) is 219 cm³/mol. The highest BCUT2D eigenvalue weighted by Crippen LogP contribution is 2.49. The van der Waals surface area contributed by atoms with Gasteiger partial charge in [0.15, 0.2) is 0 Å². The largest absolute Gasteiger partial charge is 0.416 e. The molecule has 4 aliphatic rings. The SMILES string of the molecule is Cc1cc2c3c(cc4c([Si](C)(C)C)cc5c6c(cc1c3c46)B1c3ccccc3-c3cc(C(F)(F)F)cc-5c31)B1c3ccccc3-c3cc(C(F)(F)F)cc-2c31. The lowest BCUT2D eigenvalue weighted by Gasteiger charge is -2.34. The van der Waals surface area contributed by atoms with Gasteiger partial charge in [-0.25, -0.2) is 0 Å². The molecule has 9 heteroatoms. The molecule has 264 valence electrons. The van der Waals surface area contributed by atoms with Gasteiger partial charge >= 0.3 is 12.4 Å². The van der Waals surface area contributed by atoms with Gasteiger partial charge in [0.2, 0.25) is 13.4 Å². The molecule has 0 aliphatic carbocycles. The second-order valence-electron chi connectivity index (χ2n) is 17.0. The third kappa shape index (κ3) is 3.83. The molecule has 4 heterocycles. The standard InChI is InChI=1S/C46H28B2F6Si/c1-21-13-27-31-16-22(45(49,50)51)14-29-24-9-6-8-12-35(24)48(43(29)31)37-19-33-38(55(2,3)4)20-28-32-17-23(46(52,53)54)15-30-25-10-5-7-11-34(25)47(44(30)32)36-18-26(21)41(39(27)37)42(33)40(28)36/h5-20H,1-4H3. The molecule has 55 heavy (non-hydrogen) atoms. The van der Waals surface area contributed by atoms with Gasteiger partial charge in [-0.2, -0.15) is 26.3 Å². The molecule has 0 aromatic heterocycles. The normalized spacial score (nSPS) is 14.7. The summed E-state index contributed by atoms with van der Waals surface area (Å²) in [6.45, 7) is 8.37. The van der Waals surface area contributed by atoms with Crippen LogP contribution in [0, 0.1) is 6.92 Å². The first kappa shape index (κ1) is 32.0. The Labute approximate surface area is 314 Å². The van der Waals surface area contributed by atoms with Crippen LogP contribution in [0.1, 0.15) is 16.7 Å². The summed E-state index contributed by atoms with van der Waals surface area (Å²) < 4.78 is 88.3. The van der Waals surface area contributed by atoms with E-state index >= 15 is 0 Å². The maximum absolute atomic E-state index is 14.8. The summed E-state index contributed by atoms with van der Waals surface area (Å²) in [5, 5.41) is 7.22. The number of hydrogen-bond acceptors (Lipinski definition) is 0. The molecule has 8 aromatic rings. The Bertz CT molecular complexity index is 3130. The van der Waals surface area contributed by atoms with E-state index in [2.05, 4.69) is 43.9 Å². The van der Waals surface area contributed by atoms with Crippen LogP contribution in [0.3, 0.4) is 0 Å². The van der Waals surface area contributed by atoms with Gasteiger partial charge in [-0.1, -0.05) is 130 Å². The number of fused-ring (bicyclic) bond motifs is 10. The maximum atomic E-state index is 14.8. The average molecular weight is 744 g/mol. The molecule has 0 saturated heterocycles. The van der Waals surface area contributed by atoms with Crippen molar-refractivity contribution in [3.05, 3.63) is 114 Å². The molecule has 0 nitrogen and oxygen atoms in total. The smallest absolute Gasteiger partial charge is 0.166 e. The fourth-order valence-corrected chi connectivity index (χ4v) is 12.6. The van der Waals surface area contributed by atoms with E-state index in [0.29, 0.717) is 22.3 Å². The quantitative estimate of drug-likeness (QED) is 0.0900. The molecule has 0 saturated carbocycles. The Balaban J connectivity index is 1.32. The lowest BCUT2D eigenvalue weighted by atomic mass is 9.34. The summed E-state index contributed by atoms with van der Waals surface area (Å²) in [5.74, 6) is 0. The molecule has 0 unspecified atom stereocenters. The first-order valence-corrected chi connectivity index (χ1v) is 22.1. The fourth-order valence-electron chi connectivity index (χ4n) is 11.0. The second kappa shape index (κ2) is 9.74. The predicted octanol–water partition coefficient (Wildman–Crippen LogP) is 8.43. The third-order valence-corrected chi connectivity index (χ3v) is 15.1. The Morgan fingerprint density at radius 3 is 1.33 bits per heavy atom. The van der Waals surface area contributed by atoms with Crippen molar-refractivity contribution in [3.63, 3.8) is 0 Å². The number of benzene rings is 8. The molecule has 0 N–H and O–H groups in total. The molecule has 0 amide bonds. The van der Waals surface area contributed by atoms with Crippen LogP contribution >= 0.6 is 0 Å². The average Bonchev–Trinajstić information content (AvgIpc) is 3.65. The van der Waals surface area contributed by atoms with E-state index in [4.69, 9.17) is 0 Å². The zero-order valence-electron chi connectivity index (χ0n) is 30.2. The van der Waals surface area contributed by atoms with Gasteiger partial charge in [0, 0.05) is 0 Å². The molecule has 0 fully saturated rings. The van der Waals surface area contributed by atoms with Crippen molar-refractivity contribution < 1.29 is 26.3 Å². The van der Waals surface area contributed by atoms with Crippen LogP contribution in [0.2, 0.25) is 19.6 Å². The van der Waals surface area contributed by atoms with Crippen LogP contribution in [0.5, 0.6) is 0 Å². The molecular formula is C46H28B2F6Si. The molecule has 0 bridgehead atoms. The summed E-state index contributed by atoms with van der Waals surface area (Å²) >= 11 is 0. The molecule has 8 aromatic carbocycles. The Morgan fingerprint density at radius 2 is 0.855 bits per heavy atom. The van der Waals surface area contributed by atoms with Gasteiger partial charge in [-0.3, -0.25) is 0 Å². The van der Waals surface area contributed by atoms with Crippen LogP contribution in [-0.4, -0.2) is 21.5 Å². The molecule has 12 rings (SSSR count). The van der Waals surface area contributed by atoms with Crippen molar-refractivity contribution >= 4 is 91.8 Å². The number of aryl methyl sites for hydroxylation is 1. The molecule has 4 aliphatic heterocycles.